The lowest BCUT2D eigenvalue weighted by molar-refractivity contribution is -0.237. The average molecular weight is 352 g/mol. The zero-order valence-corrected chi connectivity index (χ0v) is 13.6. The Morgan fingerprint density at radius 1 is 1.16 bits per heavy atom. The molecule has 0 aliphatic carbocycles. The van der Waals surface area contributed by atoms with E-state index in [9.17, 15) is 13.2 Å². The number of nitrogens with zero attached hydrogens (tertiary/aromatic N) is 2. The van der Waals surface area contributed by atoms with Gasteiger partial charge in [-0.05, 0) is 29.8 Å². The highest BCUT2D eigenvalue weighted by Gasteiger charge is 2.43. The average Bonchev–Trinajstić information content (AvgIpc) is 2.62. The van der Waals surface area contributed by atoms with Gasteiger partial charge in [0.05, 0.1) is 12.3 Å². The highest BCUT2D eigenvalue weighted by molar-refractivity contribution is 5.27. The Kier molecular flexibility index (Phi) is 5.55. The van der Waals surface area contributed by atoms with Crippen LogP contribution in [-0.2, 0) is 17.9 Å². The smallest absolute Gasteiger partial charge is 0.415 e. The SMILES string of the molecule is FC(F)(F)[C@@H]1CN(Cc2ccc(OCc3ccccn3)cc2)CCO1. The fourth-order valence-corrected chi connectivity index (χ4v) is 2.63. The maximum absolute atomic E-state index is 12.8. The van der Waals surface area contributed by atoms with Crippen LogP contribution in [0.3, 0.4) is 0 Å². The van der Waals surface area contributed by atoms with Gasteiger partial charge in [0.15, 0.2) is 6.10 Å². The summed E-state index contributed by atoms with van der Waals surface area (Å²) in [5.41, 5.74) is 1.77. The summed E-state index contributed by atoms with van der Waals surface area (Å²) in [6.07, 6.45) is -4.32. The highest BCUT2D eigenvalue weighted by atomic mass is 19.4. The standard InChI is InChI=1S/C18H19F3N2O2/c19-18(20,21)17-12-23(9-10-24-17)11-14-4-6-16(7-5-14)25-13-15-3-1-2-8-22-15/h1-8,17H,9-13H2/t17-/m0/s1. The Morgan fingerprint density at radius 3 is 2.64 bits per heavy atom. The summed E-state index contributed by atoms with van der Waals surface area (Å²) in [6, 6.07) is 13.0. The Labute approximate surface area is 144 Å². The third kappa shape index (κ3) is 5.17. The first-order chi connectivity index (χ1) is 12.0. The van der Waals surface area contributed by atoms with Crippen molar-refractivity contribution in [2.45, 2.75) is 25.4 Å². The predicted octanol–water partition coefficient (Wildman–Crippen LogP) is 3.42. The molecule has 1 aromatic heterocycles. The van der Waals surface area contributed by atoms with Crippen molar-refractivity contribution in [3.05, 3.63) is 59.9 Å². The Balaban J connectivity index is 1.52. The summed E-state index contributed by atoms with van der Waals surface area (Å²) < 4.78 is 48.7. The van der Waals surface area contributed by atoms with E-state index in [1.165, 1.54) is 0 Å². The lowest BCUT2D eigenvalue weighted by Crippen LogP contribution is -2.48. The molecule has 1 fully saturated rings. The molecular formula is C18H19F3N2O2. The van der Waals surface area contributed by atoms with Crippen LogP contribution >= 0.6 is 0 Å². The van der Waals surface area contributed by atoms with Crippen molar-refractivity contribution >= 4 is 0 Å². The van der Waals surface area contributed by atoms with Crippen LogP contribution in [0.2, 0.25) is 0 Å². The lowest BCUT2D eigenvalue weighted by Gasteiger charge is -2.33. The quantitative estimate of drug-likeness (QED) is 0.826. The maximum Gasteiger partial charge on any atom is 0.415 e. The largest absolute Gasteiger partial charge is 0.487 e. The van der Waals surface area contributed by atoms with Gasteiger partial charge in [0.2, 0.25) is 0 Å². The van der Waals surface area contributed by atoms with E-state index in [2.05, 4.69) is 4.98 Å². The van der Waals surface area contributed by atoms with Gasteiger partial charge in [-0.3, -0.25) is 9.88 Å². The first kappa shape index (κ1) is 17.7. The van der Waals surface area contributed by atoms with E-state index >= 15 is 0 Å². The molecule has 0 bridgehead atoms. The molecule has 0 radical (unpaired) electrons. The Bertz CT molecular complexity index is 662. The molecule has 1 atom stereocenters. The molecule has 134 valence electrons. The number of alkyl halides is 3. The molecule has 0 spiro atoms. The number of ether oxygens (including phenoxy) is 2. The minimum absolute atomic E-state index is 0.0927. The van der Waals surface area contributed by atoms with Gasteiger partial charge in [-0.25, -0.2) is 0 Å². The van der Waals surface area contributed by atoms with Crippen LogP contribution in [-0.4, -0.2) is 41.9 Å². The van der Waals surface area contributed by atoms with Crippen molar-refractivity contribution in [2.75, 3.05) is 19.7 Å². The van der Waals surface area contributed by atoms with E-state index in [1.807, 2.05) is 42.5 Å². The first-order valence-electron chi connectivity index (χ1n) is 8.03. The summed E-state index contributed by atoms with van der Waals surface area (Å²) >= 11 is 0. The lowest BCUT2D eigenvalue weighted by atomic mass is 10.2. The molecule has 1 aromatic carbocycles. The van der Waals surface area contributed by atoms with Crippen LogP contribution in [0.1, 0.15) is 11.3 Å². The molecule has 25 heavy (non-hydrogen) atoms. The topological polar surface area (TPSA) is 34.6 Å². The van der Waals surface area contributed by atoms with E-state index in [0.29, 0.717) is 25.4 Å². The number of aromatic nitrogens is 1. The summed E-state index contributed by atoms with van der Waals surface area (Å²) in [6.45, 7) is 1.27. The third-order valence-corrected chi connectivity index (χ3v) is 3.96. The second-order valence-corrected chi connectivity index (χ2v) is 5.89. The number of benzene rings is 1. The first-order valence-corrected chi connectivity index (χ1v) is 8.03. The zero-order valence-electron chi connectivity index (χ0n) is 13.6. The van der Waals surface area contributed by atoms with Gasteiger partial charge < -0.3 is 9.47 Å². The monoisotopic (exact) mass is 352 g/mol. The molecule has 3 rings (SSSR count). The molecule has 1 aliphatic heterocycles. The Morgan fingerprint density at radius 2 is 1.96 bits per heavy atom. The molecule has 1 saturated heterocycles. The van der Waals surface area contributed by atoms with E-state index < -0.39 is 12.3 Å². The van der Waals surface area contributed by atoms with E-state index in [-0.39, 0.29) is 13.2 Å². The molecule has 1 aliphatic rings. The molecular weight excluding hydrogens is 333 g/mol. The van der Waals surface area contributed by atoms with Crippen LogP contribution in [0.25, 0.3) is 0 Å². The molecule has 7 heteroatoms. The maximum atomic E-state index is 12.8. The molecule has 0 saturated carbocycles. The van der Waals surface area contributed by atoms with E-state index in [0.717, 1.165) is 11.3 Å². The minimum atomic E-state index is -4.32. The van der Waals surface area contributed by atoms with Crippen molar-refractivity contribution < 1.29 is 22.6 Å². The van der Waals surface area contributed by atoms with Crippen LogP contribution < -0.4 is 4.74 Å². The second kappa shape index (κ2) is 7.84. The van der Waals surface area contributed by atoms with Crippen molar-refractivity contribution in [3.63, 3.8) is 0 Å². The number of hydrogen-bond donors (Lipinski definition) is 0. The summed E-state index contributed by atoms with van der Waals surface area (Å²) in [4.78, 5) is 5.94. The molecule has 0 unspecified atom stereocenters. The summed E-state index contributed by atoms with van der Waals surface area (Å²) in [5.74, 6) is 0.699. The number of morpholine rings is 1. The van der Waals surface area contributed by atoms with Gasteiger partial charge >= 0.3 is 6.18 Å². The predicted molar refractivity (Wildman–Crippen MR) is 86.1 cm³/mol. The number of halogens is 3. The molecule has 2 aromatic rings. The fraction of sp³-hybridized carbons (Fsp3) is 0.389. The van der Waals surface area contributed by atoms with Gasteiger partial charge in [-0.1, -0.05) is 18.2 Å². The van der Waals surface area contributed by atoms with Gasteiger partial charge in [-0.15, -0.1) is 0 Å². The van der Waals surface area contributed by atoms with Gasteiger partial charge in [0.1, 0.15) is 12.4 Å². The van der Waals surface area contributed by atoms with E-state index in [1.54, 1.807) is 11.1 Å². The van der Waals surface area contributed by atoms with Crippen molar-refractivity contribution in [1.29, 1.82) is 0 Å². The molecule has 0 amide bonds. The molecule has 0 N–H and O–H groups in total. The number of rotatable bonds is 5. The van der Waals surface area contributed by atoms with Crippen LogP contribution in [0.5, 0.6) is 5.75 Å². The summed E-state index contributed by atoms with van der Waals surface area (Å²) in [5, 5.41) is 0. The Hall–Kier alpha value is -2.12. The second-order valence-electron chi connectivity index (χ2n) is 5.89. The van der Waals surface area contributed by atoms with Crippen molar-refractivity contribution in [3.8, 4) is 5.75 Å². The molecule has 2 heterocycles. The van der Waals surface area contributed by atoms with Gasteiger partial charge in [0.25, 0.3) is 0 Å². The van der Waals surface area contributed by atoms with Gasteiger partial charge in [-0.2, -0.15) is 13.2 Å². The third-order valence-electron chi connectivity index (χ3n) is 3.96. The highest BCUT2D eigenvalue weighted by Crippen LogP contribution is 2.26. The zero-order chi connectivity index (χ0) is 17.7. The minimum Gasteiger partial charge on any atom is -0.487 e. The van der Waals surface area contributed by atoms with Gasteiger partial charge in [0, 0.05) is 25.8 Å². The number of hydrogen-bond acceptors (Lipinski definition) is 4. The fourth-order valence-electron chi connectivity index (χ4n) is 2.63. The van der Waals surface area contributed by atoms with Crippen LogP contribution in [0.15, 0.2) is 48.7 Å². The summed E-state index contributed by atoms with van der Waals surface area (Å²) in [7, 11) is 0. The number of pyridine rings is 1. The normalized spacial score (nSPS) is 18.9. The van der Waals surface area contributed by atoms with Crippen LogP contribution in [0.4, 0.5) is 13.2 Å². The van der Waals surface area contributed by atoms with Crippen molar-refractivity contribution in [1.82, 2.24) is 9.88 Å². The van der Waals surface area contributed by atoms with Crippen molar-refractivity contribution in [2.24, 2.45) is 0 Å². The van der Waals surface area contributed by atoms with Crippen LogP contribution in [0, 0.1) is 0 Å². The molecule has 4 nitrogen and oxygen atoms in total. The van der Waals surface area contributed by atoms with E-state index in [4.69, 9.17) is 9.47 Å².